The number of thioether (sulfide) groups is 1. The smallest absolute Gasteiger partial charge is 0.226 e. The SMILES string of the molecule is Cc1ccc(-c2nc(CC(=O)NCCSc3ccc(C)c(C)c3)cs2)o1. The zero-order valence-corrected chi connectivity index (χ0v) is 16.8. The Labute approximate surface area is 162 Å². The minimum atomic E-state index is -0.00170. The minimum absolute atomic E-state index is 0.00170. The average Bonchev–Trinajstić information content (AvgIpc) is 3.24. The molecule has 0 saturated heterocycles. The largest absolute Gasteiger partial charge is 0.459 e. The van der Waals surface area contributed by atoms with Gasteiger partial charge in [0.15, 0.2) is 10.8 Å². The van der Waals surface area contributed by atoms with E-state index in [2.05, 4.69) is 42.3 Å². The van der Waals surface area contributed by atoms with Crippen molar-refractivity contribution >= 4 is 29.0 Å². The Bertz CT molecular complexity index is 899. The van der Waals surface area contributed by atoms with E-state index in [0.717, 1.165) is 28.0 Å². The maximum absolute atomic E-state index is 12.1. The molecule has 136 valence electrons. The van der Waals surface area contributed by atoms with Gasteiger partial charge in [-0.3, -0.25) is 4.79 Å². The summed E-state index contributed by atoms with van der Waals surface area (Å²) in [5.41, 5.74) is 3.37. The molecular formula is C20H22N2O2S2. The van der Waals surface area contributed by atoms with E-state index in [1.165, 1.54) is 27.4 Å². The Morgan fingerprint density at radius 3 is 2.77 bits per heavy atom. The predicted octanol–water partition coefficient (Wildman–Crippen LogP) is 4.78. The van der Waals surface area contributed by atoms with Crippen molar-refractivity contribution in [3.05, 3.63) is 58.3 Å². The van der Waals surface area contributed by atoms with Crippen LogP contribution < -0.4 is 5.32 Å². The van der Waals surface area contributed by atoms with Crippen molar-refractivity contribution in [3.63, 3.8) is 0 Å². The first-order valence-corrected chi connectivity index (χ1v) is 10.4. The third-order valence-electron chi connectivity index (χ3n) is 4.02. The average molecular weight is 387 g/mol. The van der Waals surface area contributed by atoms with Gasteiger partial charge in [0.05, 0.1) is 12.1 Å². The number of hydrogen-bond acceptors (Lipinski definition) is 5. The molecule has 3 rings (SSSR count). The number of benzene rings is 1. The molecule has 1 N–H and O–H groups in total. The minimum Gasteiger partial charge on any atom is -0.459 e. The molecule has 1 amide bonds. The number of aromatic nitrogens is 1. The van der Waals surface area contributed by atoms with E-state index in [4.69, 9.17) is 4.42 Å². The molecule has 0 aliphatic heterocycles. The first-order chi connectivity index (χ1) is 12.5. The topological polar surface area (TPSA) is 55.1 Å². The normalized spacial score (nSPS) is 10.9. The number of rotatable bonds is 7. The van der Waals surface area contributed by atoms with Crippen LogP contribution in [0.1, 0.15) is 22.6 Å². The van der Waals surface area contributed by atoms with E-state index in [-0.39, 0.29) is 5.91 Å². The molecule has 0 bridgehead atoms. The maximum Gasteiger partial charge on any atom is 0.226 e. The lowest BCUT2D eigenvalue weighted by molar-refractivity contribution is -0.120. The highest BCUT2D eigenvalue weighted by atomic mass is 32.2. The number of thiazole rings is 1. The number of nitrogens with zero attached hydrogens (tertiary/aromatic N) is 1. The third-order valence-corrected chi connectivity index (χ3v) is 5.92. The third kappa shape index (κ3) is 4.99. The van der Waals surface area contributed by atoms with Crippen LogP contribution in [0.5, 0.6) is 0 Å². The fourth-order valence-corrected chi connectivity index (χ4v) is 4.08. The predicted molar refractivity (Wildman–Crippen MR) is 108 cm³/mol. The van der Waals surface area contributed by atoms with E-state index < -0.39 is 0 Å². The molecular weight excluding hydrogens is 364 g/mol. The molecule has 0 radical (unpaired) electrons. The van der Waals surface area contributed by atoms with Crippen LogP contribution in [0.15, 0.2) is 45.0 Å². The quantitative estimate of drug-likeness (QED) is 0.469. The Balaban J connectivity index is 1.43. The maximum atomic E-state index is 12.1. The fraction of sp³-hybridized carbons (Fsp3) is 0.300. The molecule has 3 aromatic rings. The van der Waals surface area contributed by atoms with Gasteiger partial charge in [-0.1, -0.05) is 6.07 Å². The molecule has 2 aromatic heterocycles. The second-order valence-corrected chi connectivity index (χ2v) is 8.20. The van der Waals surface area contributed by atoms with Gasteiger partial charge in [-0.25, -0.2) is 4.98 Å². The molecule has 0 unspecified atom stereocenters. The Kier molecular flexibility index (Phi) is 6.16. The van der Waals surface area contributed by atoms with Crippen LogP contribution in [-0.2, 0) is 11.2 Å². The highest BCUT2D eigenvalue weighted by Gasteiger charge is 2.11. The van der Waals surface area contributed by atoms with Crippen LogP contribution >= 0.6 is 23.1 Å². The molecule has 0 fully saturated rings. The summed E-state index contributed by atoms with van der Waals surface area (Å²) in [4.78, 5) is 17.8. The van der Waals surface area contributed by atoms with Gasteiger partial charge in [-0.05, 0) is 56.2 Å². The lowest BCUT2D eigenvalue weighted by Crippen LogP contribution is -2.27. The monoisotopic (exact) mass is 386 g/mol. The highest BCUT2D eigenvalue weighted by molar-refractivity contribution is 7.99. The number of furan rings is 1. The molecule has 0 spiro atoms. The van der Waals surface area contributed by atoms with Crippen LogP contribution in [-0.4, -0.2) is 23.2 Å². The van der Waals surface area contributed by atoms with Crippen molar-refractivity contribution in [1.29, 1.82) is 0 Å². The second-order valence-electron chi connectivity index (χ2n) is 6.18. The molecule has 6 heteroatoms. The van der Waals surface area contributed by atoms with Gasteiger partial charge in [-0.15, -0.1) is 23.1 Å². The van der Waals surface area contributed by atoms with E-state index >= 15 is 0 Å². The number of hydrogen-bond donors (Lipinski definition) is 1. The zero-order valence-electron chi connectivity index (χ0n) is 15.2. The zero-order chi connectivity index (χ0) is 18.5. The molecule has 4 nitrogen and oxygen atoms in total. The van der Waals surface area contributed by atoms with Crippen molar-refractivity contribution in [1.82, 2.24) is 10.3 Å². The van der Waals surface area contributed by atoms with Crippen LogP contribution in [0.3, 0.4) is 0 Å². The molecule has 2 heterocycles. The van der Waals surface area contributed by atoms with Crippen molar-refractivity contribution in [2.75, 3.05) is 12.3 Å². The number of amides is 1. The molecule has 0 aliphatic rings. The highest BCUT2D eigenvalue weighted by Crippen LogP contribution is 2.25. The summed E-state index contributed by atoms with van der Waals surface area (Å²) in [6.45, 7) is 6.78. The summed E-state index contributed by atoms with van der Waals surface area (Å²) in [6.07, 6.45) is 0.296. The van der Waals surface area contributed by atoms with Crippen LogP contribution in [0.4, 0.5) is 0 Å². The van der Waals surface area contributed by atoms with Crippen molar-refractivity contribution in [2.24, 2.45) is 0 Å². The van der Waals surface area contributed by atoms with E-state index in [9.17, 15) is 4.79 Å². The Morgan fingerprint density at radius 1 is 1.19 bits per heavy atom. The van der Waals surface area contributed by atoms with Gasteiger partial charge in [0.1, 0.15) is 5.76 Å². The fourth-order valence-electron chi connectivity index (χ4n) is 2.44. The van der Waals surface area contributed by atoms with Gasteiger partial charge >= 0.3 is 0 Å². The Hall–Kier alpha value is -2.05. The van der Waals surface area contributed by atoms with Crippen molar-refractivity contribution < 1.29 is 9.21 Å². The second kappa shape index (κ2) is 8.56. The molecule has 0 aliphatic carbocycles. The summed E-state index contributed by atoms with van der Waals surface area (Å²) >= 11 is 3.25. The van der Waals surface area contributed by atoms with Crippen molar-refractivity contribution in [2.45, 2.75) is 32.1 Å². The van der Waals surface area contributed by atoms with Crippen molar-refractivity contribution in [3.8, 4) is 10.8 Å². The van der Waals surface area contributed by atoms with E-state index in [0.29, 0.717) is 13.0 Å². The first kappa shape index (κ1) is 18.7. The number of carbonyl (C=O) groups is 1. The lowest BCUT2D eigenvalue weighted by Gasteiger charge is -2.06. The lowest BCUT2D eigenvalue weighted by atomic mass is 10.1. The summed E-state index contributed by atoms with van der Waals surface area (Å²) in [6, 6.07) is 10.3. The van der Waals surface area contributed by atoms with E-state index in [1.807, 2.05) is 24.4 Å². The van der Waals surface area contributed by atoms with Gasteiger partial charge < -0.3 is 9.73 Å². The summed E-state index contributed by atoms with van der Waals surface area (Å²) in [7, 11) is 0. The summed E-state index contributed by atoms with van der Waals surface area (Å²) < 4.78 is 5.57. The standard InChI is InChI=1S/C20H22N2O2S2/c1-13-4-6-17(10-14(13)2)25-9-8-21-19(23)11-16-12-26-20(22-16)18-7-5-15(3)24-18/h4-7,10,12H,8-9,11H2,1-3H3,(H,21,23). The van der Waals surface area contributed by atoms with Crippen LogP contribution in [0, 0.1) is 20.8 Å². The number of nitrogens with one attached hydrogen (secondary N) is 1. The van der Waals surface area contributed by atoms with Gasteiger partial charge in [0.25, 0.3) is 0 Å². The molecule has 1 aromatic carbocycles. The Morgan fingerprint density at radius 2 is 2.04 bits per heavy atom. The molecule has 0 saturated carbocycles. The van der Waals surface area contributed by atoms with Crippen LogP contribution in [0.25, 0.3) is 10.8 Å². The first-order valence-electron chi connectivity index (χ1n) is 8.49. The van der Waals surface area contributed by atoms with Crippen LogP contribution in [0.2, 0.25) is 0 Å². The number of aryl methyl sites for hydroxylation is 3. The molecule has 26 heavy (non-hydrogen) atoms. The van der Waals surface area contributed by atoms with Gasteiger partial charge in [0, 0.05) is 22.6 Å². The number of carbonyl (C=O) groups excluding carboxylic acids is 1. The molecule has 0 atom stereocenters. The van der Waals surface area contributed by atoms with Gasteiger partial charge in [-0.2, -0.15) is 0 Å². The van der Waals surface area contributed by atoms with Gasteiger partial charge in [0.2, 0.25) is 5.91 Å². The summed E-state index contributed by atoms with van der Waals surface area (Å²) in [5.74, 6) is 2.46. The van der Waals surface area contributed by atoms with E-state index in [1.54, 1.807) is 11.8 Å². The summed E-state index contributed by atoms with van der Waals surface area (Å²) in [5, 5.41) is 5.69.